The Hall–Kier alpha value is -1.10. The maximum Gasteiger partial charge on any atom is 0.325 e. The Morgan fingerprint density at radius 2 is 2.43 bits per heavy atom. The van der Waals surface area contributed by atoms with Gasteiger partial charge in [-0.15, -0.1) is 0 Å². The number of ether oxygens (including phenoxy) is 1. The first-order chi connectivity index (χ1) is 6.69. The summed E-state index contributed by atoms with van der Waals surface area (Å²) in [7, 11) is 1.75. The highest BCUT2D eigenvalue weighted by Crippen LogP contribution is 2.10. The van der Waals surface area contributed by atoms with Crippen molar-refractivity contribution in [3.05, 3.63) is 0 Å². The van der Waals surface area contributed by atoms with E-state index in [0.29, 0.717) is 13.2 Å². The first-order valence-corrected chi connectivity index (χ1v) is 4.80. The minimum absolute atomic E-state index is 0.0134. The first kappa shape index (κ1) is 11.0. The number of rotatable bonds is 4. The van der Waals surface area contributed by atoms with E-state index in [0.717, 1.165) is 6.42 Å². The lowest BCUT2D eigenvalue weighted by molar-refractivity contribution is -0.147. The Bertz CT molecular complexity index is 230. The fourth-order valence-electron chi connectivity index (χ4n) is 1.53. The van der Waals surface area contributed by atoms with E-state index >= 15 is 0 Å². The fraction of sp³-hybridized carbons (Fsp3) is 0.778. The van der Waals surface area contributed by atoms with Crippen LogP contribution in [0.1, 0.15) is 13.3 Å². The van der Waals surface area contributed by atoms with Crippen LogP contribution in [0.2, 0.25) is 0 Å². The van der Waals surface area contributed by atoms with Crippen LogP contribution in [0.5, 0.6) is 0 Å². The zero-order valence-corrected chi connectivity index (χ0v) is 8.58. The molecule has 0 spiro atoms. The van der Waals surface area contributed by atoms with Gasteiger partial charge >= 0.3 is 5.97 Å². The van der Waals surface area contributed by atoms with Crippen LogP contribution in [0.15, 0.2) is 0 Å². The van der Waals surface area contributed by atoms with Crippen molar-refractivity contribution in [1.82, 2.24) is 10.2 Å². The summed E-state index contributed by atoms with van der Waals surface area (Å²) >= 11 is 0. The molecule has 0 saturated carbocycles. The van der Waals surface area contributed by atoms with Crippen LogP contribution in [0.25, 0.3) is 0 Å². The van der Waals surface area contributed by atoms with Crippen LogP contribution in [0.4, 0.5) is 0 Å². The summed E-state index contributed by atoms with van der Waals surface area (Å²) in [5.74, 6) is -0.349. The van der Waals surface area contributed by atoms with Crippen molar-refractivity contribution in [3.63, 3.8) is 0 Å². The number of nitrogens with one attached hydrogen (secondary N) is 1. The van der Waals surface area contributed by atoms with E-state index in [9.17, 15) is 9.59 Å². The molecule has 0 bridgehead atoms. The van der Waals surface area contributed by atoms with Gasteiger partial charge in [-0.2, -0.15) is 0 Å². The molecule has 5 nitrogen and oxygen atoms in total. The van der Waals surface area contributed by atoms with Gasteiger partial charge in [0.2, 0.25) is 5.91 Å². The Labute approximate surface area is 83.4 Å². The highest BCUT2D eigenvalue weighted by atomic mass is 16.5. The largest absolute Gasteiger partial charge is 0.465 e. The lowest BCUT2D eigenvalue weighted by atomic mass is 10.3. The molecular formula is C9H16N2O3. The van der Waals surface area contributed by atoms with Gasteiger partial charge in [0.25, 0.3) is 0 Å². The van der Waals surface area contributed by atoms with Crippen molar-refractivity contribution >= 4 is 11.9 Å². The molecule has 1 heterocycles. The third-order valence-electron chi connectivity index (χ3n) is 2.27. The van der Waals surface area contributed by atoms with Crippen molar-refractivity contribution in [1.29, 1.82) is 0 Å². The van der Waals surface area contributed by atoms with Gasteiger partial charge in [0.1, 0.15) is 6.54 Å². The molecule has 0 aliphatic carbocycles. The number of esters is 1. The molecule has 0 aromatic rings. The number of likely N-dealkylation sites (tertiary alicyclic amines) is 1. The van der Waals surface area contributed by atoms with E-state index in [4.69, 9.17) is 4.74 Å². The normalized spacial score (nSPS) is 21.4. The van der Waals surface area contributed by atoms with Crippen LogP contribution in [-0.4, -0.2) is 49.6 Å². The van der Waals surface area contributed by atoms with Crippen molar-refractivity contribution in [2.24, 2.45) is 0 Å². The third-order valence-corrected chi connectivity index (χ3v) is 2.27. The fourth-order valence-corrected chi connectivity index (χ4v) is 1.53. The number of carbonyl (C=O) groups excluding carboxylic acids is 2. The van der Waals surface area contributed by atoms with E-state index in [1.54, 1.807) is 14.0 Å². The maximum absolute atomic E-state index is 11.5. The van der Waals surface area contributed by atoms with Gasteiger partial charge < -0.3 is 15.0 Å². The monoisotopic (exact) mass is 200 g/mol. The molecule has 1 aliphatic heterocycles. The van der Waals surface area contributed by atoms with Crippen LogP contribution in [0, 0.1) is 0 Å². The Morgan fingerprint density at radius 3 is 2.93 bits per heavy atom. The van der Waals surface area contributed by atoms with Crippen molar-refractivity contribution in [3.8, 4) is 0 Å². The molecule has 0 aromatic carbocycles. The summed E-state index contributed by atoms with van der Waals surface area (Å²) < 4.78 is 4.77. The molecule has 80 valence electrons. The molecule has 1 atom stereocenters. The standard InChI is InChI=1S/C9H16N2O3/c1-3-14-8(12)6-11-5-4-7(10-2)9(11)13/h7,10H,3-6H2,1-2H3. The number of hydrogen-bond donors (Lipinski definition) is 1. The van der Waals surface area contributed by atoms with Crippen molar-refractivity contribution in [2.45, 2.75) is 19.4 Å². The minimum atomic E-state index is -0.336. The second-order valence-corrected chi connectivity index (χ2v) is 3.19. The van der Waals surface area contributed by atoms with Crippen LogP contribution in [0.3, 0.4) is 0 Å². The Morgan fingerprint density at radius 1 is 1.71 bits per heavy atom. The topological polar surface area (TPSA) is 58.6 Å². The van der Waals surface area contributed by atoms with Gasteiger partial charge in [-0.05, 0) is 20.4 Å². The van der Waals surface area contributed by atoms with E-state index in [2.05, 4.69) is 5.32 Å². The summed E-state index contributed by atoms with van der Waals surface area (Å²) in [6, 6.07) is -0.135. The highest BCUT2D eigenvalue weighted by Gasteiger charge is 2.31. The number of nitrogens with zero attached hydrogens (tertiary/aromatic N) is 1. The minimum Gasteiger partial charge on any atom is -0.465 e. The molecule has 1 amide bonds. The highest BCUT2D eigenvalue weighted by molar-refractivity contribution is 5.87. The van der Waals surface area contributed by atoms with Gasteiger partial charge in [-0.1, -0.05) is 0 Å². The molecule has 14 heavy (non-hydrogen) atoms. The molecule has 1 unspecified atom stereocenters. The SMILES string of the molecule is CCOC(=O)CN1CCC(NC)C1=O. The second kappa shape index (κ2) is 4.95. The van der Waals surface area contributed by atoms with E-state index < -0.39 is 0 Å². The second-order valence-electron chi connectivity index (χ2n) is 3.19. The van der Waals surface area contributed by atoms with Gasteiger partial charge in [-0.3, -0.25) is 9.59 Å². The van der Waals surface area contributed by atoms with Crippen LogP contribution in [-0.2, 0) is 14.3 Å². The molecule has 0 aromatic heterocycles. The third kappa shape index (κ3) is 2.45. The number of hydrogen-bond acceptors (Lipinski definition) is 4. The number of carbonyl (C=O) groups is 2. The van der Waals surface area contributed by atoms with Crippen molar-refractivity contribution < 1.29 is 14.3 Å². The Kier molecular flexibility index (Phi) is 3.88. The molecule has 1 fully saturated rings. The van der Waals surface area contributed by atoms with E-state index in [1.165, 1.54) is 4.90 Å². The average Bonchev–Trinajstić information content (AvgIpc) is 2.48. The molecule has 1 N–H and O–H groups in total. The summed E-state index contributed by atoms with van der Waals surface area (Å²) in [5.41, 5.74) is 0. The molecule has 1 saturated heterocycles. The van der Waals surface area contributed by atoms with E-state index in [-0.39, 0.29) is 24.5 Å². The zero-order valence-electron chi connectivity index (χ0n) is 8.58. The van der Waals surface area contributed by atoms with Gasteiger partial charge in [-0.25, -0.2) is 0 Å². The average molecular weight is 200 g/mol. The lowest BCUT2D eigenvalue weighted by Gasteiger charge is -2.14. The number of likely N-dealkylation sites (N-methyl/N-ethyl adjacent to an activating group) is 1. The molecule has 1 rings (SSSR count). The summed E-state index contributed by atoms with van der Waals surface area (Å²) in [4.78, 5) is 24.2. The summed E-state index contributed by atoms with van der Waals surface area (Å²) in [5, 5.41) is 2.91. The molecule has 5 heteroatoms. The zero-order chi connectivity index (χ0) is 10.6. The smallest absolute Gasteiger partial charge is 0.325 e. The summed E-state index contributed by atoms with van der Waals surface area (Å²) in [6.45, 7) is 2.81. The van der Waals surface area contributed by atoms with Crippen LogP contribution >= 0.6 is 0 Å². The predicted octanol–water partition coefficient (Wildman–Crippen LogP) is -0.630. The summed E-state index contributed by atoms with van der Waals surface area (Å²) in [6.07, 6.45) is 0.759. The number of amides is 1. The Balaban J connectivity index is 2.40. The molecule has 0 radical (unpaired) electrons. The van der Waals surface area contributed by atoms with Gasteiger partial charge in [0.15, 0.2) is 0 Å². The lowest BCUT2D eigenvalue weighted by Crippen LogP contribution is -2.39. The maximum atomic E-state index is 11.5. The quantitative estimate of drug-likeness (QED) is 0.614. The molecule has 1 aliphatic rings. The van der Waals surface area contributed by atoms with Gasteiger partial charge in [0, 0.05) is 6.54 Å². The predicted molar refractivity (Wildman–Crippen MR) is 50.7 cm³/mol. The van der Waals surface area contributed by atoms with Crippen molar-refractivity contribution in [2.75, 3.05) is 26.7 Å². The van der Waals surface area contributed by atoms with E-state index in [1.807, 2.05) is 0 Å². The van der Waals surface area contributed by atoms with Gasteiger partial charge in [0.05, 0.1) is 12.6 Å². The van der Waals surface area contributed by atoms with Crippen LogP contribution < -0.4 is 5.32 Å². The molecular weight excluding hydrogens is 184 g/mol. The first-order valence-electron chi connectivity index (χ1n) is 4.80.